The largest absolute Gasteiger partial charge is 0.352 e. The van der Waals surface area contributed by atoms with Gasteiger partial charge < -0.3 is 4.98 Å². The molecular weight excluding hydrogens is 216 g/mol. The fourth-order valence-electron chi connectivity index (χ4n) is 2.57. The Kier molecular flexibility index (Phi) is 3.77. The fraction of sp³-hybridized carbons (Fsp3) is 0.615. The molecule has 3 heteroatoms. The SMILES string of the molecule is CCCN1CCCC1c1c[nH]c(=S)c(C)c1. The minimum Gasteiger partial charge on any atom is -0.352 e. The van der Waals surface area contributed by atoms with Gasteiger partial charge in [0, 0.05) is 12.2 Å². The molecular formula is C13H20N2S. The second-order valence-corrected chi connectivity index (χ2v) is 5.05. The molecule has 0 radical (unpaired) electrons. The second kappa shape index (κ2) is 5.11. The zero-order chi connectivity index (χ0) is 11.5. The maximum atomic E-state index is 5.20. The van der Waals surface area contributed by atoms with Gasteiger partial charge in [-0.15, -0.1) is 0 Å². The molecule has 1 atom stereocenters. The van der Waals surface area contributed by atoms with Crippen molar-refractivity contribution < 1.29 is 0 Å². The lowest BCUT2D eigenvalue weighted by Gasteiger charge is -2.24. The zero-order valence-corrected chi connectivity index (χ0v) is 10.9. The lowest BCUT2D eigenvalue weighted by Crippen LogP contribution is -2.24. The standard InChI is InChI=1S/C13H20N2S/c1-3-6-15-7-4-5-12(15)11-8-10(2)13(16)14-9-11/h8-9,12H,3-7H2,1-2H3,(H,14,16). The Labute approximate surface area is 103 Å². The summed E-state index contributed by atoms with van der Waals surface area (Å²) < 4.78 is 0.865. The predicted molar refractivity (Wildman–Crippen MR) is 70.2 cm³/mol. The highest BCUT2D eigenvalue weighted by Crippen LogP contribution is 2.31. The van der Waals surface area contributed by atoms with Crippen molar-refractivity contribution >= 4 is 12.2 Å². The number of aromatic amines is 1. The van der Waals surface area contributed by atoms with Crippen LogP contribution in [0.25, 0.3) is 0 Å². The average Bonchev–Trinajstić information content (AvgIpc) is 2.71. The first-order valence-corrected chi connectivity index (χ1v) is 6.56. The van der Waals surface area contributed by atoms with Crippen LogP contribution in [0.1, 0.15) is 43.4 Å². The van der Waals surface area contributed by atoms with Gasteiger partial charge in [0.15, 0.2) is 0 Å². The lowest BCUT2D eigenvalue weighted by atomic mass is 10.1. The van der Waals surface area contributed by atoms with Crippen molar-refractivity contribution in [3.8, 4) is 0 Å². The predicted octanol–water partition coefficient (Wildman–Crippen LogP) is 3.60. The molecule has 2 heterocycles. The van der Waals surface area contributed by atoms with Crippen LogP contribution in [0.4, 0.5) is 0 Å². The summed E-state index contributed by atoms with van der Waals surface area (Å²) in [7, 11) is 0. The first-order chi connectivity index (χ1) is 7.72. The van der Waals surface area contributed by atoms with Gasteiger partial charge in [-0.1, -0.05) is 25.2 Å². The highest BCUT2D eigenvalue weighted by molar-refractivity contribution is 7.71. The summed E-state index contributed by atoms with van der Waals surface area (Å²) in [5, 5.41) is 0. The molecule has 1 N–H and O–H groups in total. The maximum Gasteiger partial charge on any atom is 0.106 e. The molecule has 0 bridgehead atoms. The average molecular weight is 236 g/mol. The summed E-state index contributed by atoms with van der Waals surface area (Å²) >= 11 is 5.20. The summed E-state index contributed by atoms with van der Waals surface area (Å²) in [6, 6.07) is 2.85. The van der Waals surface area contributed by atoms with E-state index in [-0.39, 0.29) is 0 Å². The van der Waals surface area contributed by atoms with Crippen molar-refractivity contribution in [2.24, 2.45) is 0 Å². The van der Waals surface area contributed by atoms with Crippen molar-refractivity contribution in [2.75, 3.05) is 13.1 Å². The van der Waals surface area contributed by atoms with E-state index < -0.39 is 0 Å². The number of aromatic nitrogens is 1. The highest BCUT2D eigenvalue weighted by atomic mass is 32.1. The van der Waals surface area contributed by atoms with E-state index >= 15 is 0 Å². The fourth-order valence-corrected chi connectivity index (χ4v) is 2.69. The number of rotatable bonds is 3. The lowest BCUT2D eigenvalue weighted by molar-refractivity contribution is 0.257. The molecule has 1 aromatic rings. The molecule has 1 aromatic heterocycles. The van der Waals surface area contributed by atoms with E-state index in [1.165, 1.54) is 43.5 Å². The minimum absolute atomic E-state index is 0.602. The zero-order valence-electron chi connectivity index (χ0n) is 10.1. The van der Waals surface area contributed by atoms with Crippen LogP contribution in [0.2, 0.25) is 0 Å². The molecule has 0 amide bonds. The van der Waals surface area contributed by atoms with Crippen LogP contribution in [-0.2, 0) is 0 Å². The number of nitrogens with zero attached hydrogens (tertiary/aromatic N) is 1. The molecule has 1 unspecified atom stereocenters. The van der Waals surface area contributed by atoms with Crippen molar-refractivity contribution in [3.05, 3.63) is 28.0 Å². The van der Waals surface area contributed by atoms with E-state index in [1.807, 2.05) is 0 Å². The topological polar surface area (TPSA) is 19.0 Å². The third-order valence-corrected chi connectivity index (χ3v) is 3.81. The van der Waals surface area contributed by atoms with E-state index in [9.17, 15) is 0 Å². The molecule has 2 nitrogen and oxygen atoms in total. The van der Waals surface area contributed by atoms with Gasteiger partial charge in [-0.05, 0) is 50.4 Å². The molecule has 1 aliphatic rings. The minimum atomic E-state index is 0.602. The number of H-pyrrole nitrogens is 1. The molecule has 1 fully saturated rings. The van der Waals surface area contributed by atoms with Crippen LogP contribution in [0.3, 0.4) is 0 Å². The van der Waals surface area contributed by atoms with Gasteiger partial charge in [0.05, 0.1) is 0 Å². The van der Waals surface area contributed by atoms with Gasteiger partial charge in [0.25, 0.3) is 0 Å². The van der Waals surface area contributed by atoms with Crippen molar-refractivity contribution in [1.29, 1.82) is 0 Å². The summed E-state index contributed by atoms with van der Waals surface area (Å²) in [5.41, 5.74) is 2.59. The molecule has 88 valence electrons. The Balaban J connectivity index is 2.22. The Morgan fingerprint density at radius 3 is 3.06 bits per heavy atom. The molecule has 1 saturated heterocycles. The summed E-state index contributed by atoms with van der Waals surface area (Å²) in [6.45, 7) is 6.78. The molecule has 0 aromatic carbocycles. The number of hydrogen-bond donors (Lipinski definition) is 1. The number of pyridine rings is 1. The highest BCUT2D eigenvalue weighted by Gasteiger charge is 2.25. The number of nitrogens with one attached hydrogen (secondary N) is 1. The van der Waals surface area contributed by atoms with Crippen LogP contribution in [0.5, 0.6) is 0 Å². The molecule has 0 saturated carbocycles. The summed E-state index contributed by atoms with van der Waals surface area (Å²) in [6.07, 6.45) is 5.93. The third kappa shape index (κ3) is 2.36. The van der Waals surface area contributed by atoms with Crippen LogP contribution in [0, 0.1) is 11.6 Å². The van der Waals surface area contributed by atoms with Crippen LogP contribution < -0.4 is 0 Å². The number of likely N-dealkylation sites (tertiary alicyclic amines) is 1. The monoisotopic (exact) mass is 236 g/mol. The van der Waals surface area contributed by atoms with Crippen molar-refractivity contribution in [1.82, 2.24) is 9.88 Å². The second-order valence-electron chi connectivity index (χ2n) is 4.64. The van der Waals surface area contributed by atoms with Crippen LogP contribution in [0.15, 0.2) is 12.3 Å². The van der Waals surface area contributed by atoms with Gasteiger partial charge in [0.1, 0.15) is 4.64 Å². The van der Waals surface area contributed by atoms with Gasteiger partial charge >= 0.3 is 0 Å². The van der Waals surface area contributed by atoms with Crippen molar-refractivity contribution in [2.45, 2.75) is 39.2 Å². The van der Waals surface area contributed by atoms with E-state index in [4.69, 9.17) is 12.2 Å². The molecule has 2 rings (SSSR count). The van der Waals surface area contributed by atoms with E-state index in [0.717, 1.165) is 4.64 Å². The molecule has 0 aliphatic carbocycles. The van der Waals surface area contributed by atoms with Crippen molar-refractivity contribution in [3.63, 3.8) is 0 Å². The van der Waals surface area contributed by atoms with Gasteiger partial charge in [-0.3, -0.25) is 4.90 Å². The first kappa shape index (κ1) is 11.8. The van der Waals surface area contributed by atoms with Crippen LogP contribution in [-0.4, -0.2) is 23.0 Å². The number of hydrogen-bond acceptors (Lipinski definition) is 2. The van der Waals surface area contributed by atoms with E-state index in [2.05, 4.69) is 36.0 Å². The normalized spacial score (nSPS) is 21.5. The van der Waals surface area contributed by atoms with E-state index in [0.29, 0.717) is 6.04 Å². The molecule has 1 aliphatic heterocycles. The summed E-state index contributed by atoms with van der Waals surface area (Å²) in [5.74, 6) is 0. The molecule has 16 heavy (non-hydrogen) atoms. The molecule has 0 spiro atoms. The smallest absolute Gasteiger partial charge is 0.106 e. The first-order valence-electron chi connectivity index (χ1n) is 6.15. The van der Waals surface area contributed by atoms with Gasteiger partial charge in [-0.2, -0.15) is 0 Å². The van der Waals surface area contributed by atoms with Gasteiger partial charge in [-0.25, -0.2) is 0 Å². The quantitative estimate of drug-likeness (QED) is 0.809. The Hall–Kier alpha value is -0.670. The summed E-state index contributed by atoms with van der Waals surface area (Å²) in [4.78, 5) is 5.78. The van der Waals surface area contributed by atoms with Crippen LogP contribution >= 0.6 is 12.2 Å². The number of aryl methyl sites for hydroxylation is 1. The third-order valence-electron chi connectivity index (χ3n) is 3.37. The Bertz CT molecular complexity index is 411. The Morgan fingerprint density at radius 1 is 1.56 bits per heavy atom. The van der Waals surface area contributed by atoms with E-state index in [1.54, 1.807) is 0 Å². The Morgan fingerprint density at radius 2 is 2.38 bits per heavy atom. The van der Waals surface area contributed by atoms with Gasteiger partial charge in [0.2, 0.25) is 0 Å². The maximum absolute atomic E-state index is 5.20.